The van der Waals surface area contributed by atoms with Gasteiger partial charge in [0.1, 0.15) is 0 Å². The van der Waals surface area contributed by atoms with Crippen LogP contribution in [0.1, 0.15) is 38.8 Å². The molecule has 3 aromatic carbocycles. The molecule has 0 aliphatic rings. The second-order valence-electron chi connectivity index (χ2n) is 4.84. The first-order chi connectivity index (χ1) is 11.8. The minimum atomic E-state index is 1.29. The molecule has 0 spiro atoms. The van der Waals surface area contributed by atoms with E-state index in [1.165, 1.54) is 22.3 Å². The van der Waals surface area contributed by atoms with Gasteiger partial charge in [0.15, 0.2) is 0 Å². The molecule has 3 aromatic rings. The number of rotatable bonds is 1. The Kier molecular flexibility index (Phi) is 12.9. The van der Waals surface area contributed by atoms with Crippen molar-refractivity contribution in [3.05, 3.63) is 96.1 Å². The van der Waals surface area contributed by atoms with Crippen molar-refractivity contribution in [1.82, 2.24) is 0 Å². The normalized spacial score (nSPS) is 8.42. The van der Waals surface area contributed by atoms with Crippen LogP contribution < -0.4 is 0 Å². The predicted molar refractivity (Wildman–Crippen MR) is 110 cm³/mol. The molecule has 0 fully saturated rings. The van der Waals surface area contributed by atoms with E-state index in [4.69, 9.17) is 0 Å². The van der Waals surface area contributed by atoms with Crippen molar-refractivity contribution < 1.29 is 0 Å². The molecular weight excluding hydrogens is 288 g/mol. The summed E-state index contributed by atoms with van der Waals surface area (Å²) in [6, 6.07) is 29.2. The molecule has 128 valence electrons. The standard InChI is InChI=1S/C13H12.C7H8.2C2H6/c1-11-7-5-6-10-13(11)12-8-3-2-4-9-12;1-7-5-3-2-4-6-7;2*1-2/h2-10H,1H3;2-6H,1H3;2*1-2H3. The highest BCUT2D eigenvalue weighted by Gasteiger charge is 1.97. The van der Waals surface area contributed by atoms with Crippen molar-refractivity contribution in [2.45, 2.75) is 41.5 Å². The highest BCUT2D eigenvalue weighted by molar-refractivity contribution is 5.66. The SMILES string of the molecule is CC.CC.Cc1ccccc1.Cc1ccccc1-c1ccccc1. The first-order valence-electron chi connectivity index (χ1n) is 8.90. The van der Waals surface area contributed by atoms with Crippen LogP contribution in [0.4, 0.5) is 0 Å². The van der Waals surface area contributed by atoms with Crippen LogP contribution in [0.2, 0.25) is 0 Å². The van der Waals surface area contributed by atoms with E-state index < -0.39 is 0 Å². The molecule has 0 saturated carbocycles. The molecule has 3 rings (SSSR count). The summed E-state index contributed by atoms with van der Waals surface area (Å²) in [6.07, 6.45) is 0. The fourth-order valence-corrected chi connectivity index (χ4v) is 2.05. The average molecular weight is 321 g/mol. The van der Waals surface area contributed by atoms with Crippen LogP contribution in [0, 0.1) is 13.8 Å². The molecule has 0 amide bonds. The summed E-state index contributed by atoms with van der Waals surface area (Å²) in [5.41, 5.74) is 5.26. The van der Waals surface area contributed by atoms with Gasteiger partial charge in [0.2, 0.25) is 0 Å². The highest BCUT2D eigenvalue weighted by Crippen LogP contribution is 2.21. The van der Waals surface area contributed by atoms with Crippen molar-refractivity contribution in [2.75, 3.05) is 0 Å². The first kappa shape index (κ1) is 21.7. The van der Waals surface area contributed by atoms with Crippen molar-refractivity contribution in [2.24, 2.45) is 0 Å². The third kappa shape index (κ3) is 8.33. The smallest absolute Gasteiger partial charge is 0.0155 e. The molecule has 24 heavy (non-hydrogen) atoms. The van der Waals surface area contributed by atoms with Gasteiger partial charge in [-0.2, -0.15) is 0 Å². The lowest BCUT2D eigenvalue weighted by Gasteiger charge is -2.04. The minimum absolute atomic E-state index is 1.29. The molecule has 0 heterocycles. The zero-order chi connectivity index (χ0) is 18.2. The molecule has 0 saturated heterocycles. The third-order valence-electron chi connectivity index (χ3n) is 3.17. The summed E-state index contributed by atoms with van der Waals surface area (Å²) in [7, 11) is 0. The van der Waals surface area contributed by atoms with Crippen molar-refractivity contribution >= 4 is 0 Å². The molecule has 0 heteroatoms. The number of benzene rings is 3. The van der Waals surface area contributed by atoms with Gasteiger partial charge in [-0.15, -0.1) is 0 Å². The lowest BCUT2D eigenvalue weighted by molar-refractivity contribution is 1.46. The highest BCUT2D eigenvalue weighted by atomic mass is 14.0. The summed E-state index contributed by atoms with van der Waals surface area (Å²) >= 11 is 0. The van der Waals surface area contributed by atoms with E-state index in [-0.39, 0.29) is 0 Å². The van der Waals surface area contributed by atoms with E-state index in [1.54, 1.807) is 0 Å². The molecule has 0 aliphatic carbocycles. The molecular formula is C24H32. The van der Waals surface area contributed by atoms with Gasteiger partial charge in [0, 0.05) is 0 Å². The van der Waals surface area contributed by atoms with Gasteiger partial charge in [-0.25, -0.2) is 0 Å². The minimum Gasteiger partial charge on any atom is -0.0683 e. The summed E-state index contributed by atoms with van der Waals surface area (Å²) in [4.78, 5) is 0. The van der Waals surface area contributed by atoms with E-state index >= 15 is 0 Å². The topological polar surface area (TPSA) is 0 Å². The maximum Gasteiger partial charge on any atom is -0.0155 e. The molecule has 0 radical (unpaired) electrons. The van der Waals surface area contributed by atoms with Crippen LogP contribution in [0.25, 0.3) is 11.1 Å². The monoisotopic (exact) mass is 320 g/mol. The van der Waals surface area contributed by atoms with Crippen LogP contribution in [0.3, 0.4) is 0 Å². The van der Waals surface area contributed by atoms with Gasteiger partial charge in [0.25, 0.3) is 0 Å². The van der Waals surface area contributed by atoms with E-state index in [0.717, 1.165) is 0 Å². The Balaban J connectivity index is 0.000000408. The lowest BCUT2D eigenvalue weighted by Crippen LogP contribution is -1.80. The molecule has 0 N–H and O–H groups in total. The van der Waals surface area contributed by atoms with Crippen LogP contribution in [0.15, 0.2) is 84.9 Å². The second kappa shape index (κ2) is 14.3. The van der Waals surface area contributed by atoms with Gasteiger partial charge in [-0.05, 0) is 30.5 Å². The summed E-state index contributed by atoms with van der Waals surface area (Å²) in [6.45, 7) is 12.2. The van der Waals surface area contributed by atoms with Crippen LogP contribution in [-0.2, 0) is 0 Å². The fraction of sp³-hybridized carbons (Fsp3) is 0.250. The Morgan fingerprint density at radius 3 is 1.29 bits per heavy atom. The molecule has 0 atom stereocenters. The maximum absolute atomic E-state index is 2.16. The zero-order valence-corrected chi connectivity index (χ0v) is 16.1. The van der Waals surface area contributed by atoms with Gasteiger partial charge >= 0.3 is 0 Å². The summed E-state index contributed by atoms with van der Waals surface area (Å²) < 4.78 is 0. The first-order valence-corrected chi connectivity index (χ1v) is 8.90. The quantitative estimate of drug-likeness (QED) is 0.430. The number of hydrogen-bond donors (Lipinski definition) is 0. The third-order valence-corrected chi connectivity index (χ3v) is 3.17. The average Bonchev–Trinajstić information content (AvgIpc) is 2.67. The van der Waals surface area contributed by atoms with Crippen molar-refractivity contribution in [3.63, 3.8) is 0 Å². The predicted octanol–water partition coefficient (Wildman–Crippen LogP) is 7.71. The summed E-state index contributed by atoms with van der Waals surface area (Å²) in [5.74, 6) is 0. The number of aryl methyl sites for hydroxylation is 2. The second-order valence-corrected chi connectivity index (χ2v) is 4.84. The Morgan fingerprint density at radius 1 is 0.458 bits per heavy atom. The molecule has 0 aliphatic heterocycles. The number of hydrogen-bond acceptors (Lipinski definition) is 0. The maximum atomic E-state index is 2.16. The van der Waals surface area contributed by atoms with Crippen molar-refractivity contribution in [1.29, 1.82) is 0 Å². The van der Waals surface area contributed by atoms with Crippen LogP contribution in [-0.4, -0.2) is 0 Å². The van der Waals surface area contributed by atoms with E-state index in [9.17, 15) is 0 Å². The molecule has 0 aromatic heterocycles. The zero-order valence-electron chi connectivity index (χ0n) is 16.1. The molecule has 0 nitrogen and oxygen atoms in total. The van der Waals surface area contributed by atoms with Crippen LogP contribution in [0.5, 0.6) is 0 Å². The van der Waals surface area contributed by atoms with Crippen LogP contribution >= 0.6 is 0 Å². The van der Waals surface area contributed by atoms with Crippen molar-refractivity contribution in [3.8, 4) is 11.1 Å². The van der Waals surface area contributed by atoms with E-state index in [1.807, 2.05) is 52.0 Å². The Morgan fingerprint density at radius 2 is 0.875 bits per heavy atom. The largest absolute Gasteiger partial charge is 0.0683 e. The summed E-state index contributed by atoms with van der Waals surface area (Å²) in [5, 5.41) is 0. The Bertz CT molecular complexity index is 624. The Labute approximate surface area is 149 Å². The fourth-order valence-electron chi connectivity index (χ4n) is 2.05. The Hall–Kier alpha value is -2.34. The van der Waals surface area contributed by atoms with Gasteiger partial charge in [0.05, 0.1) is 0 Å². The molecule has 0 bridgehead atoms. The lowest BCUT2D eigenvalue weighted by atomic mass is 10.0. The van der Waals surface area contributed by atoms with E-state index in [0.29, 0.717) is 0 Å². The van der Waals surface area contributed by atoms with Gasteiger partial charge in [-0.1, -0.05) is 118 Å². The van der Waals surface area contributed by atoms with E-state index in [2.05, 4.69) is 74.5 Å². The van der Waals surface area contributed by atoms with Gasteiger partial charge < -0.3 is 0 Å². The molecule has 0 unspecified atom stereocenters. The van der Waals surface area contributed by atoms with Gasteiger partial charge in [-0.3, -0.25) is 0 Å².